The molecule has 1 rings (SSSR count). The number of ether oxygens (including phenoxy) is 1. The van der Waals surface area contributed by atoms with Crippen LogP contribution in [0.2, 0.25) is 0 Å². The van der Waals surface area contributed by atoms with Gasteiger partial charge in [-0.15, -0.1) is 0 Å². The molecule has 0 radical (unpaired) electrons. The minimum absolute atomic E-state index is 0.216. The number of nitrogens with one attached hydrogen (secondary N) is 1. The van der Waals surface area contributed by atoms with Crippen LogP contribution in [-0.2, 0) is 4.74 Å². The van der Waals surface area contributed by atoms with Gasteiger partial charge in [0, 0.05) is 25.7 Å². The highest BCUT2D eigenvalue weighted by molar-refractivity contribution is 5.78. The van der Waals surface area contributed by atoms with Gasteiger partial charge in [-0.3, -0.25) is 4.99 Å². The Balaban J connectivity index is 2.19. The Morgan fingerprint density at radius 3 is 2.52 bits per heavy atom. The normalized spacial score (nSPS) is 17.2. The molecule has 134 valence electrons. The fourth-order valence-corrected chi connectivity index (χ4v) is 2.64. The summed E-state index contributed by atoms with van der Waals surface area (Å²) in [7, 11) is 0. The van der Waals surface area contributed by atoms with Crippen LogP contribution in [0.3, 0.4) is 0 Å². The quantitative estimate of drug-likeness (QED) is 0.447. The van der Waals surface area contributed by atoms with Crippen molar-refractivity contribution in [1.82, 2.24) is 10.2 Å². The van der Waals surface area contributed by atoms with E-state index in [0.717, 1.165) is 25.8 Å². The molecule has 0 aromatic heterocycles. The van der Waals surface area contributed by atoms with Gasteiger partial charge >= 0.3 is 6.09 Å². The molecule has 1 amide bonds. The van der Waals surface area contributed by atoms with E-state index in [9.17, 15) is 4.79 Å². The van der Waals surface area contributed by atoms with Crippen LogP contribution in [0.25, 0.3) is 0 Å². The van der Waals surface area contributed by atoms with Crippen molar-refractivity contribution in [2.45, 2.75) is 65.8 Å². The summed E-state index contributed by atoms with van der Waals surface area (Å²) in [6.45, 7) is 11.2. The van der Waals surface area contributed by atoms with Crippen molar-refractivity contribution >= 4 is 12.1 Å². The second-order valence-electron chi connectivity index (χ2n) is 7.39. The van der Waals surface area contributed by atoms with Crippen LogP contribution in [0.1, 0.15) is 59.8 Å². The zero-order valence-electron chi connectivity index (χ0n) is 15.2. The summed E-state index contributed by atoms with van der Waals surface area (Å²) in [4.78, 5) is 17.8. The molecule has 1 aliphatic rings. The number of hydrogen-bond acceptors (Lipinski definition) is 3. The van der Waals surface area contributed by atoms with E-state index in [4.69, 9.17) is 10.5 Å². The van der Waals surface area contributed by atoms with E-state index in [1.54, 1.807) is 4.90 Å². The number of unbranched alkanes of at least 4 members (excludes halogenated alkanes) is 1. The van der Waals surface area contributed by atoms with Gasteiger partial charge in [0.1, 0.15) is 0 Å². The number of aliphatic imine (C=N–C) groups is 1. The van der Waals surface area contributed by atoms with Gasteiger partial charge in [-0.2, -0.15) is 0 Å². The fraction of sp³-hybridized carbons (Fsp3) is 0.882. The lowest BCUT2D eigenvalue weighted by Gasteiger charge is -2.31. The van der Waals surface area contributed by atoms with Gasteiger partial charge in [-0.25, -0.2) is 4.79 Å². The third kappa shape index (κ3) is 8.67. The summed E-state index contributed by atoms with van der Waals surface area (Å²) < 4.78 is 5.02. The fourth-order valence-electron chi connectivity index (χ4n) is 2.64. The molecule has 0 spiro atoms. The average molecular weight is 326 g/mol. The van der Waals surface area contributed by atoms with Gasteiger partial charge in [-0.05, 0) is 38.0 Å². The van der Waals surface area contributed by atoms with Crippen molar-refractivity contribution in [1.29, 1.82) is 0 Å². The smallest absolute Gasteiger partial charge is 0.409 e. The molecule has 0 aliphatic carbocycles. The van der Waals surface area contributed by atoms with Crippen LogP contribution in [0.4, 0.5) is 4.79 Å². The summed E-state index contributed by atoms with van der Waals surface area (Å²) >= 11 is 0. The van der Waals surface area contributed by atoms with Crippen LogP contribution in [-0.4, -0.2) is 49.2 Å². The number of amides is 1. The molecule has 0 atom stereocenters. The number of hydrogen-bond donors (Lipinski definition) is 2. The van der Waals surface area contributed by atoms with Crippen LogP contribution >= 0.6 is 0 Å². The number of nitrogens with zero attached hydrogens (tertiary/aromatic N) is 2. The van der Waals surface area contributed by atoms with Crippen molar-refractivity contribution in [3.63, 3.8) is 0 Å². The molecule has 0 unspecified atom stereocenters. The Hall–Kier alpha value is -1.46. The molecule has 0 aromatic rings. The number of guanidine groups is 1. The Morgan fingerprint density at radius 2 is 1.96 bits per heavy atom. The molecular formula is C17H34N4O2. The molecule has 6 nitrogen and oxygen atoms in total. The van der Waals surface area contributed by atoms with E-state index in [-0.39, 0.29) is 6.09 Å². The molecule has 0 aromatic carbocycles. The molecule has 1 aliphatic heterocycles. The van der Waals surface area contributed by atoms with Crippen LogP contribution in [0.5, 0.6) is 0 Å². The first-order chi connectivity index (χ1) is 10.8. The Labute approximate surface area is 140 Å². The van der Waals surface area contributed by atoms with Gasteiger partial charge in [0.05, 0.1) is 6.61 Å². The first kappa shape index (κ1) is 19.6. The third-order valence-corrected chi connectivity index (χ3v) is 3.99. The summed E-state index contributed by atoms with van der Waals surface area (Å²) in [5.74, 6) is 0.523. The summed E-state index contributed by atoms with van der Waals surface area (Å²) in [5.41, 5.74) is 6.34. The first-order valence-corrected chi connectivity index (χ1v) is 8.80. The van der Waals surface area contributed by atoms with Gasteiger partial charge < -0.3 is 20.7 Å². The third-order valence-electron chi connectivity index (χ3n) is 3.99. The second kappa shape index (κ2) is 9.63. The van der Waals surface area contributed by atoms with Crippen molar-refractivity contribution in [3.05, 3.63) is 0 Å². The molecule has 6 heteroatoms. The molecule has 3 N–H and O–H groups in total. The van der Waals surface area contributed by atoms with Gasteiger partial charge in [0.15, 0.2) is 5.96 Å². The summed E-state index contributed by atoms with van der Waals surface area (Å²) in [6, 6.07) is 0.291. The number of piperidine rings is 1. The summed E-state index contributed by atoms with van der Waals surface area (Å²) in [5, 5.41) is 3.27. The van der Waals surface area contributed by atoms with Gasteiger partial charge in [0.25, 0.3) is 0 Å². The van der Waals surface area contributed by atoms with Crippen molar-refractivity contribution in [2.75, 3.05) is 26.2 Å². The molecule has 0 saturated carbocycles. The zero-order chi connectivity index (χ0) is 17.3. The number of carbonyl (C=O) groups excluding carboxylic acids is 1. The van der Waals surface area contributed by atoms with Crippen LogP contribution in [0, 0.1) is 5.41 Å². The predicted molar refractivity (Wildman–Crippen MR) is 94.5 cm³/mol. The maximum Gasteiger partial charge on any atom is 0.409 e. The van der Waals surface area contributed by atoms with Crippen molar-refractivity contribution in [2.24, 2.45) is 16.1 Å². The van der Waals surface area contributed by atoms with Crippen molar-refractivity contribution < 1.29 is 9.53 Å². The highest BCUT2D eigenvalue weighted by atomic mass is 16.6. The number of rotatable bonds is 6. The Morgan fingerprint density at radius 1 is 1.30 bits per heavy atom. The summed E-state index contributed by atoms with van der Waals surface area (Å²) in [6.07, 6.45) is 4.99. The standard InChI is InChI=1S/C17H34N4O2/c1-5-23-16(22)21-12-8-14(9-13-21)20-15(18)19-11-7-6-10-17(2,3)4/h14H,5-13H2,1-4H3,(H3,18,19,20). The molecule has 1 fully saturated rings. The molecule has 0 bridgehead atoms. The van der Waals surface area contributed by atoms with E-state index >= 15 is 0 Å². The van der Waals surface area contributed by atoms with E-state index in [1.165, 1.54) is 12.8 Å². The topological polar surface area (TPSA) is 80.0 Å². The maximum absolute atomic E-state index is 11.6. The second-order valence-corrected chi connectivity index (χ2v) is 7.39. The minimum atomic E-state index is -0.216. The number of likely N-dealkylation sites (tertiary alicyclic amines) is 1. The molecule has 1 heterocycles. The Bertz CT molecular complexity index is 383. The molecular weight excluding hydrogens is 292 g/mol. The SMILES string of the molecule is CCOC(=O)N1CCC(NC(N)=NCCCCC(C)(C)C)CC1. The molecule has 23 heavy (non-hydrogen) atoms. The monoisotopic (exact) mass is 326 g/mol. The highest BCUT2D eigenvalue weighted by Gasteiger charge is 2.23. The number of nitrogens with two attached hydrogens (primary N) is 1. The lowest BCUT2D eigenvalue weighted by Crippen LogP contribution is -2.48. The average Bonchev–Trinajstić information content (AvgIpc) is 2.46. The lowest BCUT2D eigenvalue weighted by atomic mass is 9.90. The maximum atomic E-state index is 11.6. The zero-order valence-corrected chi connectivity index (χ0v) is 15.2. The van der Waals surface area contributed by atoms with Gasteiger partial charge in [0.2, 0.25) is 0 Å². The lowest BCUT2D eigenvalue weighted by molar-refractivity contribution is 0.0963. The first-order valence-electron chi connectivity index (χ1n) is 8.80. The number of carbonyl (C=O) groups is 1. The van der Waals surface area contributed by atoms with E-state index in [0.29, 0.717) is 37.1 Å². The Kier molecular flexibility index (Phi) is 8.20. The predicted octanol–water partition coefficient (Wildman–Crippen LogP) is 2.73. The minimum Gasteiger partial charge on any atom is -0.450 e. The van der Waals surface area contributed by atoms with E-state index < -0.39 is 0 Å². The largest absolute Gasteiger partial charge is 0.450 e. The highest BCUT2D eigenvalue weighted by Crippen LogP contribution is 2.21. The molecule has 1 saturated heterocycles. The van der Waals surface area contributed by atoms with Crippen LogP contribution < -0.4 is 11.1 Å². The van der Waals surface area contributed by atoms with Crippen LogP contribution in [0.15, 0.2) is 4.99 Å². The van der Waals surface area contributed by atoms with Gasteiger partial charge in [-0.1, -0.05) is 27.2 Å². The van der Waals surface area contributed by atoms with E-state index in [1.807, 2.05) is 6.92 Å². The van der Waals surface area contributed by atoms with Crippen molar-refractivity contribution in [3.8, 4) is 0 Å². The van der Waals surface area contributed by atoms with E-state index in [2.05, 4.69) is 31.1 Å².